The predicted molar refractivity (Wildman–Crippen MR) is 43.6 cm³/mol. The fraction of sp³-hybridized carbons (Fsp3) is 0.667. The van der Waals surface area contributed by atoms with Gasteiger partial charge in [0, 0.05) is 19.9 Å². The van der Waals surface area contributed by atoms with Crippen LogP contribution in [0.5, 0.6) is 0 Å². The van der Waals surface area contributed by atoms with Gasteiger partial charge in [0.2, 0.25) is 11.8 Å². The molecular weight excluding hydrogens is 170 g/mol. The third kappa shape index (κ3) is 1.08. The standard InChI is InChI=1S/C9H11NO3/c1-10-8(12)6-3-2-5(11)4-7(6)9(10)13/h6-7H,2-4H2,1H3/t6-,7-/m0/s1. The number of nitrogens with zero attached hydrogens (tertiary/aromatic N) is 1. The van der Waals surface area contributed by atoms with Gasteiger partial charge in [-0.15, -0.1) is 0 Å². The van der Waals surface area contributed by atoms with Crippen molar-refractivity contribution < 1.29 is 14.4 Å². The molecule has 0 aromatic rings. The number of rotatable bonds is 0. The zero-order valence-corrected chi connectivity index (χ0v) is 7.45. The molecule has 0 bridgehead atoms. The quantitative estimate of drug-likeness (QED) is 0.493. The molecular formula is C9H11NO3. The van der Waals surface area contributed by atoms with Gasteiger partial charge in [0.15, 0.2) is 0 Å². The number of fused-ring (bicyclic) bond motifs is 1. The molecule has 70 valence electrons. The molecule has 1 aliphatic carbocycles. The normalized spacial score (nSPS) is 33.9. The minimum atomic E-state index is -0.348. The summed E-state index contributed by atoms with van der Waals surface area (Å²) in [6.45, 7) is 0. The van der Waals surface area contributed by atoms with Gasteiger partial charge in [0.05, 0.1) is 11.8 Å². The first-order valence-corrected chi connectivity index (χ1v) is 4.44. The third-order valence-corrected chi connectivity index (χ3v) is 2.96. The average molecular weight is 181 g/mol. The fourth-order valence-electron chi connectivity index (χ4n) is 2.17. The smallest absolute Gasteiger partial charge is 0.233 e. The highest BCUT2D eigenvalue weighted by atomic mass is 16.2. The molecule has 2 aliphatic rings. The number of hydrogen-bond acceptors (Lipinski definition) is 3. The van der Waals surface area contributed by atoms with Crippen molar-refractivity contribution in [3.8, 4) is 0 Å². The maximum Gasteiger partial charge on any atom is 0.233 e. The van der Waals surface area contributed by atoms with Crippen molar-refractivity contribution in [2.75, 3.05) is 7.05 Å². The summed E-state index contributed by atoms with van der Waals surface area (Å²) in [7, 11) is 1.49. The molecule has 0 unspecified atom stereocenters. The van der Waals surface area contributed by atoms with E-state index in [9.17, 15) is 14.4 Å². The van der Waals surface area contributed by atoms with Crippen LogP contribution in [0.25, 0.3) is 0 Å². The van der Waals surface area contributed by atoms with Crippen molar-refractivity contribution in [1.82, 2.24) is 4.90 Å². The predicted octanol–water partition coefficient (Wildman–Crippen LogP) is -0.0296. The maximum absolute atomic E-state index is 11.5. The van der Waals surface area contributed by atoms with E-state index in [1.54, 1.807) is 0 Å². The Labute approximate surface area is 75.9 Å². The van der Waals surface area contributed by atoms with Gasteiger partial charge >= 0.3 is 0 Å². The number of amides is 2. The summed E-state index contributed by atoms with van der Waals surface area (Å²) in [6, 6.07) is 0. The van der Waals surface area contributed by atoms with Gasteiger partial charge in [-0.2, -0.15) is 0 Å². The summed E-state index contributed by atoms with van der Waals surface area (Å²) in [4.78, 5) is 35.1. The number of carbonyl (C=O) groups is 3. The van der Waals surface area contributed by atoms with Crippen LogP contribution in [0, 0.1) is 11.8 Å². The van der Waals surface area contributed by atoms with Crippen LogP contribution in [0.2, 0.25) is 0 Å². The highest BCUT2D eigenvalue weighted by molar-refractivity contribution is 6.07. The van der Waals surface area contributed by atoms with Gasteiger partial charge in [-0.1, -0.05) is 0 Å². The first kappa shape index (κ1) is 8.41. The second-order valence-corrected chi connectivity index (χ2v) is 3.73. The molecule has 1 aliphatic heterocycles. The van der Waals surface area contributed by atoms with Gasteiger partial charge < -0.3 is 0 Å². The molecule has 2 amide bonds. The minimum Gasteiger partial charge on any atom is -0.300 e. The van der Waals surface area contributed by atoms with Crippen molar-refractivity contribution >= 4 is 17.6 Å². The Morgan fingerprint density at radius 1 is 1.15 bits per heavy atom. The molecule has 13 heavy (non-hydrogen) atoms. The van der Waals surface area contributed by atoms with E-state index < -0.39 is 0 Å². The molecule has 2 atom stereocenters. The van der Waals surface area contributed by atoms with Crippen LogP contribution >= 0.6 is 0 Å². The Balaban J connectivity index is 2.27. The monoisotopic (exact) mass is 181 g/mol. The van der Waals surface area contributed by atoms with Crippen molar-refractivity contribution in [1.29, 1.82) is 0 Å². The third-order valence-electron chi connectivity index (χ3n) is 2.96. The Morgan fingerprint density at radius 3 is 2.46 bits per heavy atom. The molecule has 0 N–H and O–H groups in total. The van der Waals surface area contributed by atoms with E-state index in [1.807, 2.05) is 0 Å². The largest absolute Gasteiger partial charge is 0.300 e. The highest BCUT2D eigenvalue weighted by Gasteiger charge is 2.48. The Kier molecular flexibility index (Phi) is 1.71. The number of carbonyl (C=O) groups excluding carboxylic acids is 3. The molecule has 0 radical (unpaired) electrons. The molecule has 1 heterocycles. The van der Waals surface area contributed by atoms with Crippen LogP contribution < -0.4 is 0 Å². The summed E-state index contributed by atoms with van der Waals surface area (Å²) in [5, 5.41) is 0. The molecule has 2 rings (SSSR count). The first-order chi connectivity index (χ1) is 6.11. The molecule has 4 heteroatoms. The molecule has 0 aromatic carbocycles. The lowest BCUT2D eigenvalue weighted by Crippen LogP contribution is -2.27. The Morgan fingerprint density at radius 2 is 1.77 bits per heavy atom. The number of Topliss-reactive ketones (excluding diaryl/α,β-unsaturated/α-hetero) is 1. The zero-order chi connectivity index (χ0) is 9.59. The van der Waals surface area contributed by atoms with Gasteiger partial charge in [0.25, 0.3) is 0 Å². The summed E-state index contributed by atoms with van der Waals surface area (Å²) in [5.74, 6) is -0.739. The Hall–Kier alpha value is -1.19. The number of hydrogen-bond donors (Lipinski definition) is 0. The van der Waals surface area contributed by atoms with Crippen LogP contribution in [-0.2, 0) is 14.4 Å². The van der Waals surface area contributed by atoms with Crippen molar-refractivity contribution in [2.24, 2.45) is 11.8 Å². The van der Waals surface area contributed by atoms with E-state index in [4.69, 9.17) is 0 Å². The lowest BCUT2D eigenvalue weighted by atomic mass is 9.80. The van der Waals surface area contributed by atoms with Crippen LogP contribution in [0.4, 0.5) is 0 Å². The highest BCUT2D eigenvalue weighted by Crippen LogP contribution is 2.35. The van der Waals surface area contributed by atoms with Gasteiger partial charge in [0.1, 0.15) is 5.78 Å². The van der Waals surface area contributed by atoms with Crippen LogP contribution in [-0.4, -0.2) is 29.5 Å². The van der Waals surface area contributed by atoms with E-state index in [-0.39, 0.29) is 35.9 Å². The van der Waals surface area contributed by atoms with Crippen LogP contribution in [0.15, 0.2) is 0 Å². The molecule has 0 aromatic heterocycles. The fourth-order valence-corrected chi connectivity index (χ4v) is 2.17. The molecule has 4 nitrogen and oxygen atoms in total. The van der Waals surface area contributed by atoms with Crippen molar-refractivity contribution in [2.45, 2.75) is 19.3 Å². The van der Waals surface area contributed by atoms with Crippen LogP contribution in [0.1, 0.15) is 19.3 Å². The average Bonchev–Trinajstić information content (AvgIpc) is 2.32. The topological polar surface area (TPSA) is 54.5 Å². The van der Waals surface area contributed by atoms with Crippen molar-refractivity contribution in [3.05, 3.63) is 0 Å². The molecule has 2 fully saturated rings. The molecule has 0 spiro atoms. The van der Waals surface area contributed by atoms with Gasteiger partial charge in [-0.25, -0.2) is 0 Å². The van der Waals surface area contributed by atoms with E-state index in [0.717, 1.165) is 4.90 Å². The van der Waals surface area contributed by atoms with Crippen molar-refractivity contribution in [3.63, 3.8) is 0 Å². The lowest BCUT2D eigenvalue weighted by molar-refractivity contribution is -0.138. The minimum absolute atomic E-state index is 0.109. The van der Waals surface area contributed by atoms with Gasteiger partial charge in [-0.3, -0.25) is 19.3 Å². The van der Waals surface area contributed by atoms with E-state index >= 15 is 0 Å². The maximum atomic E-state index is 11.5. The van der Waals surface area contributed by atoms with E-state index in [1.165, 1.54) is 7.05 Å². The second kappa shape index (κ2) is 2.65. The molecule has 1 saturated heterocycles. The zero-order valence-electron chi connectivity index (χ0n) is 7.45. The molecule has 1 saturated carbocycles. The second-order valence-electron chi connectivity index (χ2n) is 3.73. The first-order valence-electron chi connectivity index (χ1n) is 4.44. The summed E-state index contributed by atoms with van der Waals surface area (Å²) < 4.78 is 0. The Bertz CT molecular complexity index is 297. The summed E-state index contributed by atoms with van der Waals surface area (Å²) in [6.07, 6.45) is 1.27. The summed E-state index contributed by atoms with van der Waals surface area (Å²) in [5.41, 5.74) is 0. The lowest BCUT2D eigenvalue weighted by Gasteiger charge is -2.18. The number of imide groups is 1. The number of likely N-dealkylation sites (tertiary alicyclic amines) is 1. The SMILES string of the molecule is CN1C(=O)[C@H]2CCC(=O)C[C@@H]2C1=O. The van der Waals surface area contributed by atoms with Crippen LogP contribution in [0.3, 0.4) is 0 Å². The van der Waals surface area contributed by atoms with Gasteiger partial charge in [-0.05, 0) is 6.42 Å². The number of ketones is 1. The summed E-state index contributed by atoms with van der Waals surface area (Å²) >= 11 is 0. The van der Waals surface area contributed by atoms with E-state index in [2.05, 4.69) is 0 Å². The van der Waals surface area contributed by atoms with E-state index in [0.29, 0.717) is 12.8 Å².